The molecule has 0 saturated carbocycles. The number of methoxy groups -OCH3 is 1. The van der Waals surface area contributed by atoms with Gasteiger partial charge in [-0.25, -0.2) is 4.72 Å². The van der Waals surface area contributed by atoms with Crippen LogP contribution in [0.3, 0.4) is 0 Å². The second-order valence-electron chi connectivity index (χ2n) is 5.41. The van der Waals surface area contributed by atoms with Crippen LogP contribution in [-0.4, -0.2) is 52.9 Å². The Balaban J connectivity index is 1.98. The van der Waals surface area contributed by atoms with E-state index in [1.165, 1.54) is 14.1 Å². The molecule has 0 unspecified atom stereocenters. The van der Waals surface area contributed by atoms with E-state index in [0.717, 1.165) is 15.7 Å². The van der Waals surface area contributed by atoms with Gasteiger partial charge in [-0.1, -0.05) is 0 Å². The van der Waals surface area contributed by atoms with Crippen molar-refractivity contribution >= 4 is 21.8 Å². The standard InChI is InChI=1S/C14H21N3O4S/c1-16(2)22(19,20)15-9-11-8-14(18)17(10-11)12-4-6-13(21-3)7-5-12/h4-7,11,15H,8-10H2,1-3H3/t11-/m1/s1. The summed E-state index contributed by atoms with van der Waals surface area (Å²) in [6.07, 6.45) is 0.335. The number of carbonyl (C=O) groups is 1. The molecule has 0 bridgehead atoms. The Morgan fingerprint density at radius 3 is 2.50 bits per heavy atom. The van der Waals surface area contributed by atoms with Crippen molar-refractivity contribution in [2.24, 2.45) is 5.92 Å². The van der Waals surface area contributed by atoms with Crippen molar-refractivity contribution in [3.05, 3.63) is 24.3 Å². The van der Waals surface area contributed by atoms with Crippen LogP contribution in [0.25, 0.3) is 0 Å². The number of rotatable bonds is 6. The molecule has 1 aliphatic rings. The highest BCUT2D eigenvalue weighted by Crippen LogP contribution is 2.26. The number of nitrogens with one attached hydrogen (secondary N) is 1. The molecule has 0 spiro atoms. The maximum atomic E-state index is 12.1. The monoisotopic (exact) mass is 327 g/mol. The largest absolute Gasteiger partial charge is 0.497 e. The van der Waals surface area contributed by atoms with E-state index in [1.807, 2.05) is 12.1 Å². The number of benzene rings is 1. The van der Waals surface area contributed by atoms with E-state index in [9.17, 15) is 13.2 Å². The number of amides is 1. The minimum atomic E-state index is -3.46. The SMILES string of the molecule is COc1ccc(N2C[C@@H](CNS(=O)(=O)N(C)C)CC2=O)cc1. The summed E-state index contributed by atoms with van der Waals surface area (Å²) in [5.74, 6) is 0.689. The van der Waals surface area contributed by atoms with Crippen LogP contribution in [-0.2, 0) is 15.0 Å². The summed E-state index contributed by atoms with van der Waals surface area (Å²) < 4.78 is 32.1. The fourth-order valence-electron chi connectivity index (χ4n) is 2.28. The van der Waals surface area contributed by atoms with Gasteiger partial charge in [0.1, 0.15) is 5.75 Å². The highest BCUT2D eigenvalue weighted by atomic mass is 32.2. The molecule has 1 saturated heterocycles. The average molecular weight is 327 g/mol. The lowest BCUT2D eigenvalue weighted by atomic mass is 10.1. The van der Waals surface area contributed by atoms with Gasteiger partial charge < -0.3 is 9.64 Å². The van der Waals surface area contributed by atoms with Crippen LogP contribution in [0.5, 0.6) is 5.75 Å². The Bertz CT molecular complexity index is 628. The molecule has 1 N–H and O–H groups in total. The number of ether oxygens (including phenoxy) is 1. The molecule has 0 aromatic heterocycles. The van der Waals surface area contributed by atoms with Gasteiger partial charge in [0.25, 0.3) is 10.2 Å². The van der Waals surface area contributed by atoms with Crippen molar-refractivity contribution in [3.63, 3.8) is 0 Å². The van der Waals surface area contributed by atoms with E-state index in [-0.39, 0.29) is 18.4 Å². The van der Waals surface area contributed by atoms with Crippen molar-refractivity contribution in [1.82, 2.24) is 9.03 Å². The van der Waals surface area contributed by atoms with E-state index in [4.69, 9.17) is 4.74 Å². The summed E-state index contributed by atoms with van der Waals surface area (Å²) in [4.78, 5) is 13.8. The number of anilines is 1. The summed E-state index contributed by atoms with van der Waals surface area (Å²) in [7, 11) is 1.06. The molecule has 7 nitrogen and oxygen atoms in total. The predicted octanol–water partition coefficient (Wildman–Crippen LogP) is 0.444. The van der Waals surface area contributed by atoms with Gasteiger partial charge in [0, 0.05) is 39.3 Å². The van der Waals surface area contributed by atoms with E-state index in [2.05, 4.69) is 4.72 Å². The van der Waals surface area contributed by atoms with E-state index in [1.54, 1.807) is 24.1 Å². The van der Waals surface area contributed by atoms with Crippen molar-refractivity contribution < 1.29 is 17.9 Å². The summed E-state index contributed by atoms with van der Waals surface area (Å²) in [6, 6.07) is 7.24. The third-order valence-electron chi connectivity index (χ3n) is 3.62. The zero-order valence-corrected chi connectivity index (χ0v) is 13.8. The molecule has 1 aromatic rings. The van der Waals surface area contributed by atoms with Crippen molar-refractivity contribution in [2.45, 2.75) is 6.42 Å². The van der Waals surface area contributed by atoms with Gasteiger partial charge in [0.05, 0.1) is 7.11 Å². The van der Waals surface area contributed by atoms with Crippen LogP contribution in [0.1, 0.15) is 6.42 Å². The van der Waals surface area contributed by atoms with Gasteiger partial charge in [0.2, 0.25) is 5.91 Å². The highest BCUT2D eigenvalue weighted by Gasteiger charge is 2.31. The molecule has 0 radical (unpaired) electrons. The number of hydrogen-bond donors (Lipinski definition) is 1. The fraction of sp³-hybridized carbons (Fsp3) is 0.500. The summed E-state index contributed by atoms with van der Waals surface area (Å²) in [5.41, 5.74) is 0.795. The topological polar surface area (TPSA) is 79.0 Å². The van der Waals surface area contributed by atoms with Gasteiger partial charge in [-0.2, -0.15) is 12.7 Å². The minimum absolute atomic E-state index is 0.000724. The van der Waals surface area contributed by atoms with Crippen LogP contribution in [0.4, 0.5) is 5.69 Å². The smallest absolute Gasteiger partial charge is 0.278 e. The number of carbonyl (C=O) groups excluding carboxylic acids is 1. The first-order chi connectivity index (χ1) is 10.3. The Labute approximate surface area is 131 Å². The molecule has 1 aromatic carbocycles. The summed E-state index contributed by atoms with van der Waals surface area (Å²) in [6.45, 7) is 0.750. The zero-order chi connectivity index (χ0) is 16.3. The quantitative estimate of drug-likeness (QED) is 0.822. The minimum Gasteiger partial charge on any atom is -0.497 e. The fourth-order valence-corrected chi connectivity index (χ4v) is 2.99. The van der Waals surface area contributed by atoms with E-state index < -0.39 is 10.2 Å². The molecule has 2 rings (SSSR count). The normalized spacial score (nSPS) is 19.0. The van der Waals surface area contributed by atoms with Gasteiger partial charge >= 0.3 is 0 Å². The molecule has 122 valence electrons. The maximum absolute atomic E-state index is 12.1. The first-order valence-electron chi connectivity index (χ1n) is 6.95. The molecule has 1 aliphatic heterocycles. The van der Waals surface area contributed by atoms with Crippen LogP contribution in [0, 0.1) is 5.92 Å². The van der Waals surface area contributed by atoms with Crippen LogP contribution >= 0.6 is 0 Å². The number of nitrogens with zero attached hydrogens (tertiary/aromatic N) is 2. The molecule has 1 heterocycles. The zero-order valence-electron chi connectivity index (χ0n) is 12.9. The molecular formula is C14H21N3O4S. The molecular weight excluding hydrogens is 306 g/mol. The molecule has 22 heavy (non-hydrogen) atoms. The van der Waals surface area contributed by atoms with Crippen LogP contribution < -0.4 is 14.4 Å². The highest BCUT2D eigenvalue weighted by molar-refractivity contribution is 7.87. The Morgan fingerprint density at radius 2 is 1.95 bits per heavy atom. The molecule has 1 amide bonds. The lowest BCUT2D eigenvalue weighted by molar-refractivity contribution is -0.117. The Morgan fingerprint density at radius 1 is 1.32 bits per heavy atom. The molecule has 1 fully saturated rings. The van der Waals surface area contributed by atoms with E-state index >= 15 is 0 Å². The summed E-state index contributed by atoms with van der Waals surface area (Å²) in [5, 5.41) is 0. The van der Waals surface area contributed by atoms with Gasteiger partial charge in [-0.3, -0.25) is 4.79 Å². The lowest BCUT2D eigenvalue weighted by Crippen LogP contribution is -2.38. The van der Waals surface area contributed by atoms with Crippen LogP contribution in [0.2, 0.25) is 0 Å². The third kappa shape index (κ3) is 3.76. The molecule has 8 heteroatoms. The Hall–Kier alpha value is -1.64. The van der Waals surface area contributed by atoms with Gasteiger partial charge in [-0.15, -0.1) is 0 Å². The number of hydrogen-bond acceptors (Lipinski definition) is 4. The molecule has 1 atom stereocenters. The third-order valence-corrected chi connectivity index (χ3v) is 5.12. The first-order valence-corrected chi connectivity index (χ1v) is 8.39. The predicted molar refractivity (Wildman–Crippen MR) is 84.1 cm³/mol. The maximum Gasteiger partial charge on any atom is 0.278 e. The van der Waals surface area contributed by atoms with Gasteiger partial charge in [0.15, 0.2) is 0 Å². The summed E-state index contributed by atoms with van der Waals surface area (Å²) >= 11 is 0. The first kappa shape index (κ1) is 16.7. The van der Waals surface area contributed by atoms with Gasteiger partial charge in [-0.05, 0) is 30.2 Å². The Kier molecular flexibility index (Phi) is 5.05. The average Bonchev–Trinajstić information content (AvgIpc) is 2.86. The second kappa shape index (κ2) is 6.64. The van der Waals surface area contributed by atoms with Crippen molar-refractivity contribution in [1.29, 1.82) is 0 Å². The lowest BCUT2D eigenvalue weighted by Gasteiger charge is -2.18. The van der Waals surface area contributed by atoms with Crippen LogP contribution in [0.15, 0.2) is 24.3 Å². The van der Waals surface area contributed by atoms with Crippen molar-refractivity contribution in [3.8, 4) is 5.75 Å². The van der Waals surface area contributed by atoms with Crippen molar-refractivity contribution in [2.75, 3.05) is 39.2 Å². The second-order valence-corrected chi connectivity index (χ2v) is 7.38. The van der Waals surface area contributed by atoms with E-state index in [0.29, 0.717) is 13.0 Å². The molecule has 0 aliphatic carbocycles.